The van der Waals surface area contributed by atoms with Gasteiger partial charge in [-0.05, 0) is 66.5 Å². The molecule has 0 saturated heterocycles. The van der Waals surface area contributed by atoms with E-state index in [1.165, 1.54) is 33.4 Å². The van der Waals surface area contributed by atoms with Crippen LogP contribution in [0, 0.1) is 0 Å². The van der Waals surface area contributed by atoms with E-state index < -0.39 is 16.6 Å². The van der Waals surface area contributed by atoms with E-state index in [1.54, 1.807) is 13.8 Å². The zero-order chi connectivity index (χ0) is 24.0. The molecule has 1 aliphatic rings. The van der Waals surface area contributed by atoms with E-state index in [1.807, 2.05) is 21.3 Å². The fourth-order valence-corrected chi connectivity index (χ4v) is 4.97. The molecule has 0 unspecified atom stereocenters. The van der Waals surface area contributed by atoms with Crippen LogP contribution in [0.3, 0.4) is 0 Å². The quantitative estimate of drug-likeness (QED) is 0.332. The summed E-state index contributed by atoms with van der Waals surface area (Å²) in [6, 6.07) is 36.7. The third-order valence-electron chi connectivity index (χ3n) is 7.47. The largest absolute Gasteiger partial charge is 0.427 e. The van der Waals surface area contributed by atoms with Gasteiger partial charge in [0.1, 0.15) is 0 Å². The SMILES string of the molecule is CC(C)(O)C(C)(C)O[B]c1cccc2c1-c1ccccc1C2(c1ccccc1)c1ccccc1. The van der Waals surface area contributed by atoms with Gasteiger partial charge in [-0.25, -0.2) is 0 Å². The van der Waals surface area contributed by atoms with E-state index in [0.29, 0.717) is 0 Å². The van der Waals surface area contributed by atoms with Crippen molar-refractivity contribution in [1.29, 1.82) is 0 Å². The van der Waals surface area contributed by atoms with Crippen LogP contribution >= 0.6 is 0 Å². The minimum absolute atomic E-state index is 0.427. The second-order valence-electron chi connectivity index (χ2n) is 10.1. The van der Waals surface area contributed by atoms with Crippen molar-refractivity contribution in [3.8, 4) is 11.1 Å². The Morgan fingerprint density at radius 1 is 0.647 bits per heavy atom. The molecular formula is C31H30BO2. The lowest BCUT2D eigenvalue weighted by molar-refractivity contribution is -0.0893. The summed E-state index contributed by atoms with van der Waals surface area (Å²) in [5, 5.41) is 10.6. The summed E-state index contributed by atoms with van der Waals surface area (Å²) in [5.41, 5.74) is 6.22. The second-order valence-corrected chi connectivity index (χ2v) is 10.1. The van der Waals surface area contributed by atoms with Crippen molar-refractivity contribution in [3.05, 3.63) is 125 Å². The van der Waals surface area contributed by atoms with Gasteiger partial charge in [0.15, 0.2) is 0 Å². The maximum atomic E-state index is 10.6. The lowest BCUT2D eigenvalue weighted by Crippen LogP contribution is -2.49. The summed E-state index contributed by atoms with van der Waals surface area (Å²) in [6.45, 7) is 7.39. The molecule has 0 fully saturated rings. The summed E-state index contributed by atoms with van der Waals surface area (Å²) >= 11 is 0. The summed E-state index contributed by atoms with van der Waals surface area (Å²) in [6.07, 6.45) is 0. The van der Waals surface area contributed by atoms with Gasteiger partial charge in [-0.15, -0.1) is 0 Å². The lowest BCUT2D eigenvalue weighted by Gasteiger charge is -2.37. The Morgan fingerprint density at radius 2 is 1.18 bits per heavy atom. The van der Waals surface area contributed by atoms with Crippen molar-refractivity contribution < 1.29 is 9.76 Å². The molecule has 0 saturated carbocycles. The zero-order valence-electron chi connectivity index (χ0n) is 20.2. The van der Waals surface area contributed by atoms with Gasteiger partial charge in [0.25, 0.3) is 0 Å². The first-order valence-corrected chi connectivity index (χ1v) is 11.8. The van der Waals surface area contributed by atoms with Crippen LogP contribution in [0.2, 0.25) is 0 Å². The smallest absolute Gasteiger partial charge is 0.331 e. The lowest BCUT2D eigenvalue weighted by atomic mass is 9.67. The first-order chi connectivity index (χ1) is 16.3. The van der Waals surface area contributed by atoms with Crippen molar-refractivity contribution in [3.63, 3.8) is 0 Å². The fraction of sp³-hybridized carbons (Fsp3) is 0.226. The maximum Gasteiger partial charge on any atom is 0.331 e. The Bertz CT molecular complexity index is 1260. The van der Waals surface area contributed by atoms with Gasteiger partial charge >= 0.3 is 7.48 Å². The van der Waals surface area contributed by atoms with Crippen molar-refractivity contribution >= 4 is 12.9 Å². The Morgan fingerprint density at radius 3 is 1.76 bits per heavy atom. The van der Waals surface area contributed by atoms with E-state index in [0.717, 1.165) is 5.46 Å². The van der Waals surface area contributed by atoms with Crippen LogP contribution in [0.1, 0.15) is 49.9 Å². The Hall–Kier alpha value is -3.14. The van der Waals surface area contributed by atoms with E-state index in [2.05, 4.69) is 103 Å². The van der Waals surface area contributed by atoms with Crippen LogP contribution in [0.25, 0.3) is 11.1 Å². The molecule has 34 heavy (non-hydrogen) atoms. The van der Waals surface area contributed by atoms with Gasteiger partial charge in [0.05, 0.1) is 16.6 Å². The molecule has 0 amide bonds. The molecular weight excluding hydrogens is 415 g/mol. The Balaban J connectivity index is 1.77. The molecule has 4 aromatic carbocycles. The molecule has 5 rings (SSSR count). The van der Waals surface area contributed by atoms with Crippen molar-refractivity contribution in [2.45, 2.75) is 44.3 Å². The van der Waals surface area contributed by atoms with Gasteiger partial charge in [-0.1, -0.05) is 103 Å². The van der Waals surface area contributed by atoms with Crippen molar-refractivity contribution in [1.82, 2.24) is 0 Å². The topological polar surface area (TPSA) is 29.5 Å². The van der Waals surface area contributed by atoms with E-state index in [-0.39, 0.29) is 0 Å². The Labute approximate surface area is 203 Å². The molecule has 0 aliphatic heterocycles. The molecule has 0 bridgehead atoms. The first kappa shape index (κ1) is 22.6. The molecule has 0 aromatic heterocycles. The molecule has 1 aliphatic carbocycles. The standard InChI is InChI=1S/C31H30BO2/c1-29(2,33)30(3,4)34-32-27-21-13-20-26-28(27)24-18-11-12-19-25(24)31(26,22-14-7-5-8-15-22)23-16-9-6-10-17-23/h5-21,33H,1-4H3. The van der Waals surface area contributed by atoms with Gasteiger partial charge in [0, 0.05) is 0 Å². The average Bonchev–Trinajstić information content (AvgIpc) is 3.15. The van der Waals surface area contributed by atoms with Crippen LogP contribution in [0.4, 0.5) is 0 Å². The Kier molecular flexibility index (Phi) is 5.51. The summed E-state index contributed by atoms with van der Waals surface area (Å²) in [7, 11) is 1.82. The molecule has 1 N–H and O–H groups in total. The highest BCUT2D eigenvalue weighted by Crippen LogP contribution is 2.55. The molecule has 0 spiro atoms. The molecule has 3 heteroatoms. The number of aliphatic hydroxyl groups is 1. The number of hydrogen-bond acceptors (Lipinski definition) is 2. The van der Waals surface area contributed by atoms with E-state index in [9.17, 15) is 5.11 Å². The molecule has 0 atom stereocenters. The number of rotatable bonds is 6. The monoisotopic (exact) mass is 445 g/mol. The number of benzene rings is 4. The van der Waals surface area contributed by atoms with Gasteiger partial charge in [0.2, 0.25) is 0 Å². The zero-order valence-corrected chi connectivity index (χ0v) is 20.2. The van der Waals surface area contributed by atoms with Crippen LogP contribution in [-0.4, -0.2) is 23.8 Å². The van der Waals surface area contributed by atoms with Crippen molar-refractivity contribution in [2.24, 2.45) is 0 Å². The highest BCUT2D eigenvalue weighted by molar-refractivity contribution is 6.50. The minimum atomic E-state index is -0.989. The highest BCUT2D eigenvalue weighted by Gasteiger charge is 2.46. The summed E-state index contributed by atoms with van der Waals surface area (Å²) in [4.78, 5) is 0. The van der Waals surface area contributed by atoms with Crippen molar-refractivity contribution in [2.75, 3.05) is 0 Å². The molecule has 2 nitrogen and oxygen atoms in total. The van der Waals surface area contributed by atoms with Gasteiger partial charge < -0.3 is 9.76 Å². The molecule has 169 valence electrons. The van der Waals surface area contributed by atoms with Crippen LogP contribution in [0.15, 0.2) is 103 Å². The minimum Gasteiger partial charge on any atom is -0.427 e. The normalized spacial score (nSPS) is 14.4. The fourth-order valence-electron chi connectivity index (χ4n) is 4.97. The van der Waals surface area contributed by atoms with E-state index >= 15 is 0 Å². The van der Waals surface area contributed by atoms with Gasteiger partial charge in [-0.3, -0.25) is 0 Å². The van der Waals surface area contributed by atoms with Gasteiger partial charge in [-0.2, -0.15) is 0 Å². The predicted molar refractivity (Wildman–Crippen MR) is 141 cm³/mol. The molecule has 1 radical (unpaired) electrons. The average molecular weight is 445 g/mol. The summed E-state index contributed by atoms with van der Waals surface area (Å²) in [5.74, 6) is 0. The second kappa shape index (κ2) is 8.27. The molecule has 0 heterocycles. The van der Waals surface area contributed by atoms with Crippen LogP contribution in [0.5, 0.6) is 0 Å². The number of hydrogen-bond donors (Lipinski definition) is 1. The third kappa shape index (κ3) is 3.43. The maximum absolute atomic E-state index is 10.6. The summed E-state index contributed by atoms with van der Waals surface area (Å²) < 4.78 is 6.22. The number of fused-ring (bicyclic) bond motifs is 3. The molecule has 4 aromatic rings. The predicted octanol–water partition coefficient (Wildman–Crippen LogP) is 5.86. The van der Waals surface area contributed by atoms with Crippen LogP contribution in [-0.2, 0) is 10.1 Å². The van der Waals surface area contributed by atoms with Crippen LogP contribution < -0.4 is 5.46 Å². The van der Waals surface area contributed by atoms with E-state index in [4.69, 9.17) is 4.65 Å². The third-order valence-corrected chi connectivity index (χ3v) is 7.47. The first-order valence-electron chi connectivity index (χ1n) is 11.8. The highest BCUT2D eigenvalue weighted by atomic mass is 16.5.